The van der Waals surface area contributed by atoms with E-state index < -0.39 is 17.6 Å². The van der Waals surface area contributed by atoms with Crippen LogP contribution < -0.4 is 4.74 Å². The normalized spacial score (nSPS) is 11.3. The van der Waals surface area contributed by atoms with Gasteiger partial charge in [-0.25, -0.2) is 8.78 Å². The highest BCUT2D eigenvalue weighted by Crippen LogP contribution is 2.26. The van der Waals surface area contributed by atoms with Gasteiger partial charge in [0.2, 0.25) is 5.91 Å². The van der Waals surface area contributed by atoms with E-state index in [4.69, 9.17) is 4.74 Å². The second-order valence-electron chi connectivity index (χ2n) is 6.72. The first kappa shape index (κ1) is 23.1. The van der Waals surface area contributed by atoms with E-state index in [1.165, 1.54) is 12.1 Å². The summed E-state index contributed by atoms with van der Waals surface area (Å²) in [7, 11) is 0. The lowest BCUT2D eigenvalue weighted by Crippen LogP contribution is -2.28. The van der Waals surface area contributed by atoms with E-state index in [1.54, 1.807) is 30.0 Å². The van der Waals surface area contributed by atoms with Gasteiger partial charge in [-0.2, -0.15) is 0 Å². The molecule has 0 aliphatic carbocycles. The molecule has 0 saturated carbocycles. The van der Waals surface area contributed by atoms with Crippen molar-refractivity contribution in [2.45, 2.75) is 33.8 Å². The fourth-order valence-electron chi connectivity index (χ4n) is 2.98. The molecule has 0 saturated heterocycles. The lowest BCUT2D eigenvalue weighted by atomic mass is 10.0. The van der Waals surface area contributed by atoms with Crippen molar-refractivity contribution < 1.29 is 28.2 Å². The van der Waals surface area contributed by atoms with Crippen LogP contribution in [0.25, 0.3) is 5.57 Å². The molecule has 160 valence electrons. The van der Waals surface area contributed by atoms with E-state index >= 15 is 0 Å². The summed E-state index contributed by atoms with van der Waals surface area (Å²) in [5.41, 5.74) is 1.45. The van der Waals surface area contributed by atoms with Crippen LogP contribution in [0.4, 0.5) is 8.78 Å². The fourth-order valence-corrected chi connectivity index (χ4v) is 2.98. The number of carbonyl (C=O) groups is 2. The number of amides is 1. The van der Waals surface area contributed by atoms with Gasteiger partial charge in [0.1, 0.15) is 24.0 Å². The molecule has 0 fully saturated rings. The largest absolute Gasteiger partial charge is 0.488 e. The third-order valence-electron chi connectivity index (χ3n) is 4.71. The molecule has 0 unspecified atom stereocenters. The lowest BCUT2D eigenvalue weighted by molar-refractivity contribution is -0.136. The van der Waals surface area contributed by atoms with E-state index in [0.29, 0.717) is 29.8 Å². The summed E-state index contributed by atoms with van der Waals surface area (Å²) in [6.07, 6.45) is 1.17. The highest BCUT2D eigenvalue weighted by atomic mass is 19.1. The van der Waals surface area contributed by atoms with Crippen molar-refractivity contribution in [2.24, 2.45) is 0 Å². The van der Waals surface area contributed by atoms with Crippen LogP contribution in [0.1, 0.15) is 37.5 Å². The molecule has 0 heterocycles. The van der Waals surface area contributed by atoms with Crippen LogP contribution in [0.5, 0.6) is 5.75 Å². The molecule has 0 aliphatic heterocycles. The summed E-state index contributed by atoms with van der Waals surface area (Å²) in [5, 5.41) is 9.23. The predicted octanol–water partition coefficient (Wildman–Crippen LogP) is 4.44. The first-order valence-electron chi connectivity index (χ1n) is 9.64. The van der Waals surface area contributed by atoms with Crippen molar-refractivity contribution in [3.05, 3.63) is 70.8 Å². The SMILES string of the molecule is CCN(CC)C(=O)/C=C(\C)c1ccc(OCc2c(F)cccc2F)c(CC(=O)O)c1. The van der Waals surface area contributed by atoms with Crippen LogP contribution in [0.15, 0.2) is 42.5 Å². The summed E-state index contributed by atoms with van der Waals surface area (Å²) in [5.74, 6) is -2.46. The molecule has 0 spiro atoms. The molecule has 5 nitrogen and oxygen atoms in total. The van der Waals surface area contributed by atoms with Crippen LogP contribution in [0.2, 0.25) is 0 Å². The summed E-state index contributed by atoms with van der Waals surface area (Å²) in [4.78, 5) is 25.2. The molecule has 0 atom stereocenters. The van der Waals surface area contributed by atoms with Gasteiger partial charge in [-0.1, -0.05) is 12.1 Å². The molecule has 1 amide bonds. The number of nitrogens with zero attached hydrogens (tertiary/aromatic N) is 1. The number of allylic oxidation sites excluding steroid dienone is 1. The van der Waals surface area contributed by atoms with Crippen molar-refractivity contribution in [1.29, 1.82) is 0 Å². The number of rotatable bonds is 9. The van der Waals surface area contributed by atoms with Crippen LogP contribution >= 0.6 is 0 Å². The van der Waals surface area contributed by atoms with Crippen LogP contribution in [0.3, 0.4) is 0 Å². The smallest absolute Gasteiger partial charge is 0.307 e. The fraction of sp³-hybridized carbons (Fsp3) is 0.304. The summed E-state index contributed by atoms with van der Waals surface area (Å²) in [6, 6.07) is 8.36. The van der Waals surface area contributed by atoms with Crippen molar-refractivity contribution in [1.82, 2.24) is 4.90 Å². The topological polar surface area (TPSA) is 66.8 Å². The minimum Gasteiger partial charge on any atom is -0.488 e. The highest BCUT2D eigenvalue weighted by molar-refractivity contribution is 5.95. The van der Waals surface area contributed by atoms with Gasteiger partial charge in [0.25, 0.3) is 0 Å². The third kappa shape index (κ3) is 5.89. The predicted molar refractivity (Wildman–Crippen MR) is 110 cm³/mol. The number of carboxylic acids is 1. The van der Waals surface area contributed by atoms with E-state index in [2.05, 4.69) is 0 Å². The number of likely N-dealkylation sites (N-methyl/N-ethyl adjacent to an activating group) is 1. The lowest BCUT2D eigenvalue weighted by Gasteiger charge is -2.17. The number of carbonyl (C=O) groups excluding carboxylic acids is 1. The molecular weight excluding hydrogens is 392 g/mol. The maximum Gasteiger partial charge on any atom is 0.307 e. The second kappa shape index (κ2) is 10.5. The molecular formula is C23H25F2NO4. The van der Waals surface area contributed by atoms with E-state index in [-0.39, 0.29) is 30.2 Å². The average Bonchev–Trinajstić information content (AvgIpc) is 2.69. The van der Waals surface area contributed by atoms with Gasteiger partial charge >= 0.3 is 5.97 Å². The average molecular weight is 417 g/mol. The van der Waals surface area contributed by atoms with Gasteiger partial charge in [-0.15, -0.1) is 0 Å². The molecule has 0 aliphatic rings. The van der Waals surface area contributed by atoms with Gasteiger partial charge in [0.05, 0.1) is 12.0 Å². The molecule has 2 aromatic carbocycles. The molecule has 2 aromatic rings. The minimum atomic E-state index is -1.07. The van der Waals surface area contributed by atoms with Crippen molar-refractivity contribution >= 4 is 17.4 Å². The first-order valence-corrected chi connectivity index (χ1v) is 9.64. The molecule has 30 heavy (non-hydrogen) atoms. The number of benzene rings is 2. The van der Waals surface area contributed by atoms with E-state index in [9.17, 15) is 23.5 Å². The van der Waals surface area contributed by atoms with Crippen molar-refractivity contribution in [3.63, 3.8) is 0 Å². The Morgan fingerprint density at radius 1 is 1.10 bits per heavy atom. The highest BCUT2D eigenvalue weighted by Gasteiger charge is 2.14. The monoisotopic (exact) mass is 417 g/mol. The Bertz CT molecular complexity index is 932. The number of carboxylic acid groups (broad SMARTS) is 1. The second-order valence-corrected chi connectivity index (χ2v) is 6.72. The molecule has 7 heteroatoms. The molecule has 0 radical (unpaired) electrons. The first-order chi connectivity index (χ1) is 14.3. The minimum absolute atomic E-state index is 0.132. The van der Waals surface area contributed by atoms with Crippen molar-refractivity contribution in [2.75, 3.05) is 13.1 Å². The number of hydrogen-bond acceptors (Lipinski definition) is 3. The Labute approximate surface area is 174 Å². The summed E-state index contributed by atoms with van der Waals surface area (Å²) >= 11 is 0. The number of ether oxygens (including phenoxy) is 1. The molecule has 0 aromatic heterocycles. The van der Waals surface area contributed by atoms with E-state index in [0.717, 1.165) is 12.1 Å². The van der Waals surface area contributed by atoms with Crippen LogP contribution in [-0.2, 0) is 22.6 Å². The Morgan fingerprint density at radius 3 is 2.30 bits per heavy atom. The third-order valence-corrected chi connectivity index (χ3v) is 4.71. The zero-order chi connectivity index (χ0) is 22.3. The Morgan fingerprint density at radius 2 is 1.73 bits per heavy atom. The van der Waals surface area contributed by atoms with Crippen molar-refractivity contribution in [3.8, 4) is 5.75 Å². The van der Waals surface area contributed by atoms with Gasteiger partial charge in [0, 0.05) is 24.7 Å². The Kier molecular flexibility index (Phi) is 8.09. The van der Waals surface area contributed by atoms with Gasteiger partial charge in [0.15, 0.2) is 0 Å². The summed E-state index contributed by atoms with van der Waals surface area (Å²) < 4.78 is 33.2. The maximum atomic E-state index is 13.8. The standard InChI is InChI=1S/C23H25F2NO4/c1-4-26(5-2)22(27)11-15(3)16-9-10-21(17(12-16)13-23(28)29)30-14-18-19(24)7-6-8-20(18)25/h6-12H,4-5,13-14H2,1-3H3,(H,28,29)/b15-11+. The maximum absolute atomic E-state index is 13.8. The van der Waals surface area contributed by atoms with Gasteiger partial charge in [-0.3, -0.25) is 9.59 Å². The quantitative estimate of drug-likeness (QED) is 0.613. The number of halogens is 2. The van der Waals surface area contributed by atoms with E-state index in [1.807, 2.05) is 13.8 Å². The Hall–Kier alpha value is -3.22. The number of hydrogen-bond donors (Lipinski definition) is 1. The molecule has 1 N–H and O–H groups in total. The van der Waals surface area contributed by atoms with Gasteiger partial charge in [-0.05, 0) is 56.2 Å². The Balaban J connectivity index is 2.30. The van der Waals surface area contributed by atoms with Gasteiger partial charge < -0.3 is 14.7 Å². The zero-order valence-corrected chi connectivity index (χ0v) is 17.2. The zero-order valence-electron chi connectivity index (χ0n) is 17.2. The summed E-state index contributed by atoms with van der Waals surface area (Å²) in [6.45, 7) is 6.34. The number of aliphatic carboxylic acids is 1. The van der Waals surface area contributed by atoms with Crippen LogP contribution in [0, 0.1) is 11.6 Å². The molecule has 2 rings (SSSR count). The van der Waals surface area contributed by atoms with Crippen LogP contribution in [-0.4, -0.2) is 35.0 Å². The molecule has 0 bridgehead atoms.